The number of aryl methyl sites for hydroxylation is 1. The Labute approximate surface area is 131 Å². The first-order chi connectivity index (χ1) is 10.3. The first kappa shape index (κ1) is 16.3. The molecule has 0 unspecified atom stereocenters. The van der Waals surface area contributed by atoms with Gasteiger partial charge in [-0.25, -0.2) is 4.79 Å². The van der Waals surface area contributed by atoms with Gasteiger partial charge in [0.2, 0.25) is 5.91 Å². The molecule has 1 saturated heterocycles. The van der Waals surface area contributed by atoms with Gasteiger partial charge in [0.25, 0.3) is 0 Å². The molecule has 1 aromatic carbocycles. The highest BCUT2D eigenvalue weighted by molar-refractivity contribution is 5.81. The topological polar surface area (TPSA) is 67.4 Å². The maximum absolute atomic E-state index is 11.9. The van der Waals surface area contributed by atoms with E-state index in [0.717, 1.165) is 12.8 Å². The van der Waals surface area contributed by atoms with Crippen LogP contribution in [0.25, 0.3) is 0 Å². The lowest BCUT2D eigenvalue weighted by Gasteiger charge is -2.24. The molecule has 22 heavy (non-hydrogen) atoms. The minimum absolute atomic E-state index is 0.0286. The molecule has 2 atom stereocenters. The SMILES string of the molecule is CC(C)(C)OC(=O)N[C@H]1CC(=O)N[C@@H]1CCc1ccccc1. The predicted octanol–water partition coefficient (Wildman–Crippen LogP) is 2.40. The van der Waals surface area contributed by atoms with E-state index in [1.165, 1.54) is 5.56 Å². The summed E-state index contributed by atoms with van der Waals surface area (Å²) in [6.45, 7) is 5.45. The second kappa shape index (κ2) is 6.81. The third kappa shape index (κ3) is 5.06. The second-order valence-corrected chi connectivity index (χ2v) is 6.66. The highest BCUT2D eigenvalue weighted by atomic mass is 16.6. The molecule has 0 bridgehead atoms. The summed E-state index contributed by atoms with van der Waals surface area (Å²) in [5, 5.41) is 5.74. The fraction of sp³-hybridized carbons (Fsp3) is 0.529. The van der Waals surface area contributed by atoms with Gasteiger partial charge in [0.15, 0.2) is 0 Å². The monoisotopic (exact) mass is 304 g/mol. The van der Waals surface area contributed by atoms with Crippen molar-refractivity contribution in [3.63, 3.8) is 0 Å². The van der Waals surface area contributed by atoms with E-state index in [2.05, 4.69) is 22.8 Å². The minimum Gasteiger partial charge on any atom is -0.444 e. The predicted molar refractivity (Wildman–Crippen MR) is 84.5 cm³/mol. The normalized spacial score (nSPS) is 21.3. The number of carbonyl (C=O) groups is 2. The fourth-order valence-electron chi connectivity index (χ4n) is 2.56. The molecule has 0 saturated carbocycles. The number of hydrogen-bond acceptors (Lipinski definition) is 3. The molecule has 2 amide bonds. The van der Waals surface area contributed by atoms with Crippen LogP contribution in [0.1, 0.15) is 39.2 Å². The summed E-state index contributed by atoms with van der Waals surface area (Å²) in [5.74, 6) is -0.0286. The van der Waals surface area contributed by atoms with E-state index in [9.17, 15) is 9.59 Å². The Morgan fingerprint density at radius 1 is 1.32 bits per heavy atom. The van der Waals surface area contributed by atoms with Crippen molar-refractivity contribution in [3.05, 3.63) is 35.9 Å². The first-order valence-electron chi connectivity index (χ1n) is 7.66. The van der Waals surface area contributed by atoms with Crippen molar-refractivity contribution in [2.45, 2.75) is 57.7 Å². The summed E-state index contributed by atoms with van der Waals surface area (Å²) in [7, 11) is 0. The van der Waals surface area contributed by atoms with Gasteiger partial charge in [0.1, 0.15) is 5.60 Å². The number of rotatable bonds is 4. The largest absolute Gasteiger partial charge is 0.444 e. The Morgan fingerprint density at radius 3 is 2.64 bits per heavy atom. The number of hydrogen-bond donors (Lipinski definition) is 2. The molecule has 0 aliphatic carbocycles. The smallest absolute Gasteiger partial charge is 0.407 e. The Kier molecular flexibility index (Phi) is 5.06. The van der Waals surface area contributed by atoms with Crippen molar-refractivity contribution in [3.8, 4) is 0 Å². The van der Waals surface area contributed by atoms with Crippen LogP contribution in [-0.2, 0) is 16.0 Å². The van der Waals surface area contributed by atoms with Gasteiger partial charge in [-0.1, -0.05) is 30.3 Å². The number of amides is 2. The number of ether oxygens (including phenoxy) is 1. The lowest BCUT2D eigenvalue weighted by molar-refractivity contribution is -0.119. The van der Waals surface area contributed by atoms with Crippen LogP contribution >= 0.6 is 0 Å². The molecule has 2 N–H and O–H groups in total. The Hall–Kier alpha value is -2.04. The summed E-state index contributed by atoms with van der Waals surface area (Å²) >= 11 is 0. The third-order valence-corrected chi connectivity index (χ3v) is 3.53. The average molecular weight is 304 g/mol. The quantitative estimate of drug-likeness (QED) is 0.897. The van der Waals surface area contributed by atoms with Gasteiger partial charge in [0.05, 0.1) is 6.04 Å². The number of benzene rings is 1. The van der Waals surface area contributed by atoms with Crippen LogP contribution in [0.15, 0.2) is 30.3 Å². The molecule has 5 heteroatoms. The molecular formula is C17H24N2O3. The van der Waals surface area contributed by atoms with E-state index in [4.69, 9.17) is 4.74 Å². The van der Waals surface area contributed by atoms with E-state index in [1.54, 1.807) is 0 Å². The molecular weight excluding hydrogens is 280 g/mol. The standard InChI is InChI=1S/C17H24N2O3/c1-17(2,3)22-16(21)19-14-11-15(20)18-13(14)10-9-12-7-5-4-6-8-12/h4-8,13-14H,9-11H2,1-3H3,(H,18,20)(H,19,21)/t13-,14+/m1/s1. The van der Waals surface area contributed by atoms with Gasteiger partial charge >= 0.3 is 6.09 Å². The number of carbonyl (C=O) groups excluding carboxylic acids is 2. The summed E-state index contributed by atoms with van der Waals surface area (Å²) in [6.07, 6.45) is 1.48. The molecule has 1 heterocycles. The van der Waals surface area contributed by atoms with Gasteiger partial charge in [-0.05, 0) is 39.2 Å². The summed E-state index contributed by atoms with van der Waals surface area (Å²) in [4.78, 5) is 23.5. The minimum atomic E-state index is -0.542. The van der Waals surface area contributed by atoms with Crippen molar-refractivity contribution >= 4 is 12.0 Å². The van der Waals surface area contributed by atoms with Crippen molar-refractivity contribution in [2.75, 3.05) is 0 Å². The van der Waals surface area contributed by atoms with E-state index < -0.39 is 11.7 Å². The van der Waals surface area contributed by atoms with Crippen molar-refractivity contribution in [1.82, 2.24) is 10.6 Å². The first-order valence-corrected chi connectivity index (χ1v) is 7.66. The van der Waals surface area contributed by atoms with Gasteiger partial charge in [-0.3, -0.25) is 4.79 Å². The van der Waals surface area contributed by atoms with Crippen molar-refractivity contribution in [1.29, 1.82) is 0 Å². The molecule has 0 radical (unpaired) electrons. The molecule has 2 rings (SSSR count). The van der Waals surface area contributed by atoms with E-state index in [0.29, 0.717) is 6.42 Å². The number of nitrogens with one attached hydrogen (secondary N) is 2. The zero-order valence-corrected chi connectivity index (χ0v) is 13.4. The van der Waals surface area contributed by atoms with E-state index in [-0.39, 0.29) is 18.0 Å². The van der Waals surface area contributed by atoms with Crippen molar-refractivity contribution < 1.29 is 14.3 Å². The van der Waals surface area contributed by atoms with Crippen LogP contribution in [0.5, 0.6) is 0 Å². The van der Waals surface area contributed by atoms with E-state index in [1.807, 2.05) is 39.0 Å². The number of alkyl carbamates (subject to hydrolysis) is 1. The molecule has 1 fully saturated rings. The zero-order valence-electron chi connectivity index (χ0n) is 13.4. The van der Waals surface area contributed by atoms with Gasteiger partial charge in [-0.15, -0.1) is 0 Å². The van der Waals surface area contributed by atoms with Gasteiger partial charge in [0, 0.05) is 12.5 Å². The molecule has 1 aromatic rings. The molecule has 5 nitrogen and oxygen atoms in total. The second-order valence-electron chi connectivity index (χ2n) is 6.66. The maximum atomic E-state index is 11.9. The van der Waals surface area contributed by atoms with Crippen LogP contribution in [0, 0.1) is 0 Å². The summed E-state index contributed by atoms with van der Waals surface area (Å²) in [6, 6.07) is 9.83. The lowest BCUT2D eigenvalue weighted by Crippen LogP contribution is -2.45. The summed E-state index contributed by atoms with van der Waals surface area (Å²) < 4.78 is 5.26. The lowest BCUT2D eigenvalue weighted by atomic mass is 10.0. The average Bonchev–Trinajstić information content (AvgIpc) is 2.75. The van der Waals surface area contributed by atoms with Crippen LogP contribution in [0.4, 0.5) is 4.79 Å². The molecule has 120 valence electrons. The van der Waals surface area contributed by atoms with E-state index >= 15 is 0 Å². The highest BCUT2D eigenvalue weighted by Gasteiger charge is 2.34. The van der Waals surface area contributed by atoms with Crippen LogP contribution in [-0.4, -0.2) is 29.7 Å². The van der Waals surface area contributed by atoms with Crippen LogP contribution < -0.4 is 10.6 Å². The molecule has 1 aliphatic heterocycles. The Balaban J connectivity index is 1.89. The van der Waals surface area contributed by atoms with Gasteiger partial charge in [-0.2, -0.15) is 0 Å². The zero-order chi connectivity index (χ0) is 16.2. The maximum Gasteiger partial charge on any atom is 0.407 e. The van der Waals surface area contributed by atoms with Crippen molar-refractivity contribution in [2.24, 2.45) is 0 Å². The van der Waals surface area contributed by atoms with Gasteiger partial charge < -0.3 is 15.4 Å². The molecule has 1 aliphatic rings. The molecule has 0 aromatic heterocycles. The Morgan fingerprint density at radius 2 is 2.00 bits per heavy atom. The Bertz CT molecular complexity index is 522. The summed E-state index contributed by atoms with van der Waals surface area (Å²) in [5.41, 5.74) is 0.680. The fourth-order valence-corrected chi connectivity index (χ4v) is 2.56. The van der Waals surface area contributed by atoms with Crippen LogP contribution in [0.2, 0.25) is 0 Å². The van der Waals surface area contributed by atoms with Crippen LogP contribution in [0.3, 0.4) is 0 Å². The third-order valence-electron chi connectivity index (χ3n) is 3.53. The highest BCUT2D eigenvalue weighted by Crippen LogP contribution is 2.16. The molecule has 0 spiro atoms.